The minimum atomic E-state index is -6.09. The van der Waals surface area contributed by atoms with Crippen molar-refractivity contribution in [3.63, 3.8) is 0 Å². The van der Waals surface area contributed by atoms with Crippen LogP contribution in [0.3, 0.4) is 0 Å². The standard InChI is InChI=1S/2C9H7.C2H4.2CHF3O3S.Zr/c2*1-2-5-9-7-3-6-8(9)4-1;1-2;2*2-1(3,4)8(5,6)7;/h2*1-7H;1-2H2;2*(H,5,6,7);/q;;;;;+2/p-2. The zero-order valence-electron chi connectivity index (χ0n) is 18.5. The molecule has 0 aromatic heterocycles. The fraction of sp³-hybridized carbons (Fsp3) is 0.273. The number of hydrogen-bond donors (Lipinski definition) is 0. The summed E-state index contributed by atoms with van der Waals surface area (Å²) in [6, 6.07) is 18.1. The van der Waals surface area contributed by atoms with Crippen molar-refractivity contribution in [1.29, 1.82) is 0 Å². The molecule has 37 heavy (non-hydrogen) atoms. The Kier molecular flexibility index (Phi) is 8.37. The summed E-state index contributed by atoms with van der Waals surface area (Å²) in [5.74, 6) is 0. The first-order valence-corrected chi connectivity index (χ1v) is 19.6. The van der Waals surface area contributed by atoms with Crippen LogP contribution in [0.4, 0.5) is 26.3 Å². The molecular weight excluding hydrogens is 630 g/mol. The molecule has 15 heteroatoms. The minimum absolute atomic E-state index is 0.802. The van der Waals surface area contributed by atoms with Gasteiger partial charge >= 0.3 is 142 Å². The van der Waals surface area contributed by atoms with E-state index >= 15 is 0 Å². The molecule has 3 aliphatic rings. The number of halogens is 6. The Hall–Kier alpha value is -1.80. The van der Waals surface area contributed by atoms with E-state index in [1.807, 2.05) is 0 Å². The number of rotatable bonds is 2. The molecule has 2 aromatic carbocycles. The summed E-state index contributed by atoms with van der Waals surface area (Å²) in [6.45, 7) is 0. The van der Waals surface area contributed by atoms with Gasteiger partial charge in [-0.15, -0.1) is 0 Å². The SMILES string of the molecule is C1=C[CH]([Zr+2]2([CH]3C=Cc4ccccc43)[CH2][CH2]2)c2ccccc21.O=S(=O)([O-])C(F)(F)F.O=S(=O)([O-])C(F)(F)F. The zero-order chi connectivity index (χ0) is 27.9. The van der Waals surface area contributed by atoms with Gasteiger partial charge in [0.1, 0.15) is 0 Å². The van der Waals surface area contributed by atoms with Crippen molar-refractivity contribution in [2.24, 2.45) is 0 Å². The van der Waals surface area contributed by atoms with Crippen molar-refractivity contribution < 1.29 is 72.6 Å². The number of allylic oxidation sites excluding steroid dienone is 2. The van der Waals surface area contributed by atoms with Crippen LogP contribution in [0.5, 0.6) is 0 Å². The van der Waals surface area contributed by atoms with Gasteiger partial charge in [-0.05, 0) is 0 Å². The minimum Gasteiger partial charge on any atom is -0.741 e. The van der Waals surface area contributed by atoms with Crippen LogP contribution >= 0.6 is 0 Å². The molecule has 0 N–H and O–H groups in total. The first-order chi connectivity index (χ1) is 16.9. The maximum Gasteiger partial charge on any atom is 0.485 e. The van der Waals surface area contributed by atoms with Crippen LogP contribution in [-0.4, -0.2) is 37.0 Å². The van der Waals surface area contributed by atoms with Gasteiger partial charge in [-0.2, -0.15) is 26.3 Å². The largest absolute Gasteiger partial charge is 0.741 e. The number of benzene rings is 2. The molecular formula is C22H18F6O6S2Zr. The fourth-order valence-electron chi connectivity index (χ4n) is 4.46. The van der Waals surface area contributed by atoms with E-state index < -0.39 is 51.5 Å². The smallest absolute Gasteiger partial charge is 0.485 e. The van der Waals surface area contributed by atoms with Gasteiger partial charge in [0.25, 0.3) is 0 Å². The van der Waals surface area contributed by atoms with E-state index in [1.165, 1.54) is 11.1 Å². The van der Waals surface area contributed by atoms with Crippen molar-refractivity contribution in [2.75, 3.05) is 0 Å². The van der Waals surface area contributed by atoms with Crippen LogP contribution in [-0.2, 0) is 40.5 Å². The monoisotopic (exact) mass is 646 g/mol. The summed E-state index contributed by atoms with van der Waals surface area (Å²) in [7, 11) is -12.2. The molecule has 0 saturated carbocycles. The van der Waals surface area contributed by atoms with Crippen LogP contribution < -0.4 is 0 Å². The van der Waals surface area contributed by atoms with Gasteiger partial charge < -0.3 is 9.11 Å². The van der Waals surface area contributed by atoms with Crippen LogP contribution in [0.15, 0.2) is 60.7 Å². The Bertz CT molecular complexity index is 1320. The van der Waals surface area contributed by atoms with E-state index in [0.717, 1.165) is 7.25 Å². The third kappa shape index (κ3) is 6.62. The topological polar surface area (TPSA) is 114 Å². The average Bonchev–Trinajstić information content (AvgIpc) is 3.25. The summed E-state index contributed by atoms with van der Waals surface area (Å²) in [5, 5.41) is 0. The van der Waals surface area contributed by atoms with Gasteiger partial charge in [0.05, 0.1) is 0 Å². The molecule has 0 amide bonds. The molecule has 1 aliphatic heterocycles. The van der Waals surface area contributed by atoms with Crippen molar-refractivity contribution >= 4 is 32.4 Å². The van der Waals surface area contributed by atoms with Gasteiger partial charge in [-0.1, -0.05) is 0 Å². The number of hydrogen-bond acceptors (Lipinski definition) is 6. The van der Waals surface area contributed by atoms with E-state index in [2.05, 4.69) is 72.8 Å². The molecule has 2 atom stereocenters. The molecule has 200 valence electrons. The predicted octanol–water partition coefficient (Wildman–Crippen LogP) is 5.63. The van der Waals surface area contributed by atoms with Crippen molar-refractivity contribution in [1.82, 2.24) is 0 Å². The van der Waals surface area contributed by atoms with Gasteiger partial charge in [-0.25, -0.2) is 16.8 Å². The quantitative estimate of drug-likeness (QED) is 0.237. The summed E-state index contributed by atoms with van der Waals surface area (Å²) < 4.78 is 123. The second kappa shape index (κ2) is 10.4. The predicted molar refractivity (Wildman–Crippen MR) is 118 cm³/mol. The Morgan fingerprint density at radius 2 is 0.946 bits per heavy atom. The molecule has 2 aliphatic carbocycles. The molecule has 0 bridgehead atoms. The Morgan fingerprint density at radius 3 is 1.22 bits per heavy atom. The molecule has 1 fully saturated rings. The first kappa shape index (κ1) is 29.8. The maximum atomic E-state index is 10.7. The molecule has 1 saturated heterocycles. The van der Waals surface area contributed by atoms with Gasteiger partial charge in [-0.3, -0.25) is 0 Å². The zero-order valence-corrected chi connectivity index (χ0v) is 22.6. The normalized spacial score (nSPS) is 20.3. The third-order valence-electron chi connectivity index (χ3n) is 6.23. The summed E-state index contributed by atoms with van der Waals surface area (Å²) in [6.07, 6.45) is 9.84. The van der Waals surface area contributed by atoms with E-state index in [9.17, 15) is 26.3 Å². The van der Waals surface area contributed by atoms with E-state index in [1.54, 1.807) is 19.4 Å². The van der Waals surface area contributed by atoms with Crippen molar-refractivity contribution in [2.45, 2.75) is 26.5 Å². The average molecular weight is 648 g/mol. The van der Waals surface area contributed by atoms with Crippen LogP contribution in [0.25, 0.3) is 12.2 Å². The second-order valence-corrected chi connectivity index (χ2v) is 22.8. The van der Waals surface area contributed by atoms with Gasteiger partial charge in [0, 0.05) is 0 Å². The Labute approximate surface area is 213 Å². The fourth-order valence-corrected chi connectivity index (χ4v) is 20.1. The van der Waals surface area contributed by atoms with Crippen molar-refractivity contribution in [3.8, 4) is 0 Å². The molecule has 5 rings (SSSR count). The Balaban J connectivity index is 0.000000199. The molecule has 0 spiro atoms. The van der Waals surface area contributed by atoms with Gasteiger partial charge in [0.15, 0.2) is 20.2 Å². The first-order valence-electron chi connectivity index (χ1n) is 10.5. The van der Waals surface area contributed by atoms with Crippen molar-refractivity contribution in [3.05, 3.63) is 82.9 Å². The molecule has 6 nitrogen and oxygen atoms in total. The van der Waals surface area contributed by atoms with Crippen LogP contribution in [0.1, 0.15) is 29.5 Å². The van der Waals surface area contributed by atoms with Gasteiger partial charge in [0.2, 0.25) is 0 Å². The summed E-state index contributed by atoms with van der Waals surface area (Å²) in [4.78, 5) is 0. The Morgan fingerprint density at radius 1 is 0.649 bits per heavy atom. The maximum absolute atomic E-state index is 10.7. The van der Waals surface area contributed by atoms with Crippen LogP contribution in [0.2, 0.25) is 8.26 Å². The third-order valence-corrected chi connectivity index (χ3v) is 20.0. The summed E-state index contributed by atoms with van der Waals surface area (Å²) >= 11 is -2.13. The molecule has 2 unspecified atom stereocenters. The van der Waals surface area contributed by atoms with Crippen LogP contribution in [0, 0.1) is 0 Å². The van der Waals surface area contributed by atoms with E-state index in [4.69, 9.17) is 25.9 Å². The van der Waals surface area contributed by atoms with E-state index in [0.29, 0.717) is 0 Å². The molecule has 1 heterocycles. The molecule has 0 radical (unpaired) electrons. The second-order valence-electron chi connectivity index (χ2n) is 8.46. The van der Waals surface area contributed by atoms with E-state index in [-0.39, 0.29) is 0 Å². The number of fused-ring (bicyclic) bond motifs is 2. The molecule has 2 aromatic rings. The number of alkyl halides is 6. The summed E-state index contributed by atoms with van der Waals surface area (Å²) in [5.41, 5.74) is -5.09.